The van der Waals surface area contributed by atoms with Gasteiger partial charge in [0.05, 0.1) is 12.6 Å². The third-order valence-electron chi connectivity index (χ3n) is 2.62. The van der Waals surface area contributed by atoms with Crippen LogP contribution in [-0.2, 0) is 0 Å². The van der Waals surface area contributed by atoms with Gasteiger partial charge in [-0.3, -0.25) is 0 Å². The Morgan fingerprint density at radius 3 is 2.20 bits per heavy atom. The first-order valence-electron chi connectivity index (χ1n) is 5.61. The van der Waals surface area contributed by atoms with Crippen LogP contribution in [0.4, 0.5) is 8.78 Å². The maximum absolute atomic E-state index is 13.5. The first-order chi connectivity index (χ1) is 6.79. The largest absolute Gasteiger partial charge is 0.323 e. The predicted octanol–water partition coefficient (Wildman–Crippen LogP) is 2.34. The molecule has 0 aliphatic heterocycles. The van der Waals surface area contributed by atoms with Crippen molar-refractivity contribution in [3.05, 3.63) is 0 Å². The van der Waals surface area contributed by atoms with E-state index < -0.39 is 12.0 Å². The molecule has 1 atom stereocenters. The van der Waals surface area contributed by atoms with Crippen LogP contribution in [0.3, 0.4) is 0 Å². The van der Waals surface area contributed by atoms with Crippen LogP contribution in [0.5, 0.6) is 0 Å². The van der Waals surface area contributed by atoms with Crippen molar-refractivity contribution in [3.8, 4) is 0 Å². The van der Waals surface area contributed by atoms with Gasteiger partial charge < -0.3 is 10.6 Å². The second-order valence-corrected chi connectivity index (χ2v) is 4.67. The molecule has 0 amide bonds. The van der Waals surface area contributed by atoms with Gasteiger partial charge in [0, 0.05) is 0 Å². The molecule has 1 unspecified atom stereocenters. The van der Waals surface area contributed by atoms with Gasteiger partial charge in [0.15, 0.2) is 0 Å². The van der Waals surface area contributed by atoms with Crippen molar-refractivity contribution in [2.24, 2.45) is 11.7 Å². The summed E-state index contributed by atoms with van der Waals surface area (Å²) in [6, 6.07) is -1.02. The van der Waals surface area contributed by atoms with Crippen LogP contribution >= 0.6 is 0 Å². The Balaban J connectivity index is 4.07. The summed E-state index contributed by atoms with van der Waals surface area (Å²) in [5.41, 5.74) is 5.53. The van der Waals surface area contributed by atoms with Gasteiger partial charge in [-0.1, -0.05) is 20.8 Å². The summed E-state index contributed by atoms with van der Waals surface area (Å²) in [7, 11) is 1.68. The molecule has 0 aromatic carbocycles. The van der Waals surface area contributed by atoms with Crippen LogP contribution in [0.25, 0.3) is 0 Å². The molecule has 0 rings (SSSR count). The Labute approximate surface area is 91.8 Å². The van der Waals surface area contributed by atoms with E-state index in [1.807, 2.05) is 20.8 Å². The van der Waals surface area contributed by atoms with Gasteiger partial charge in [-0.2, -0.15) is 0 Å². The lowest BCUT2D eigenvalue weighted by Gasteiger charge is -2.28. The van der Waals surface area contributed by atoms with E-state index in [1.54, 1.807) is 11.9 Å². The first kappa shape index (κ1) is 14.8. The summed E-state index contributed by atoms with van der Waals surface area (Å²) in [6.07, 6.45) is 1.15. The molecule has 92 valence electrons. The van der Waals surface area contributed by atoms with E-state index in [-0.39, 0.29) is 6.54 Å². The zero-order chi connectivity index (χ0) is 12.1. The van der Waals surface area contributed by atoms with Crippen molar-refractivity contribution in [2.45, 2.75) is 45.6 Å². The second-order valence-electron chi connectivity index (χ2n) is 4.67. The molecule has 2 N–H and O–H groups in total. The summed E-state index contributed by atoms with van der Waals surface area (Å²) < 4.78 is 27.1. The highest BCUT2D eigenvalue weighted by atomic mass is 19.3. The molecule has 0 aromatic rings. The van der Waals surface area contributed by atoms with Gasteiger partial charge >= 0.3 is 0 Å². The Morgan fingerprint density at radius 1 is 1.27 bits per heavy atom. The van der Waals surface area contributed by atoms with Crippen molar-refractivity contribution >= 4 is 0 Å². The highest BCUT2D eigenvalue weighted by molar-refractivity contribution is 4.83. The molecule has 0 heterocycles. The SMILES string of the molecule is CCN(C)CC(F)(F)C(N)CCC(C)C. The van der Waals surface area contributed by atoms with E-state index in [0.29, 0.717) is 18.9 Å². The minimum absolute atomic E-state index is 0.247. The lowest BCUT2D eigenvalue weighted by Crippen LogP contribution is -2.48. The molecule has 0 saturated carbocycles. The third-order valence-corrected chi connectivity index (χ3v) is 2.62. The Kier molecular flexibility index (Phi) is 6.29. The molecule has 0 fully saturated rings. The van der Waals surface area contributed by atoms with Crippen LogP contribution in [0.1, 0.15) is 33.6 Å². The molecule has 4 heteroatoms. The lowest BCUT2D eigenvalue weighted by atomic mass is 9.99. The van der Waals surface area contributed by atoms with E-state index in [4.69, 9.17) is 5.73 Å². The van der Waals surface area contributed by atoms with Crippen LogP contribution < -0.4 is 5.73 Å². The number of halogens is 2. The molecule has 0 bridgehead atoms. The highest BCUT2D eigenvalue weighted by Gasteiger charge is 2.37. The fourth-order valence-electron chi connectivity index (χ4n) is 1.31. The number of rotatable bonds is 7. The molecule has 0 spiro atoms. The monoisotopic (exact) mass is 222 g/mol. The maximum atomic E-state index is 13.5. The third kappa shape index (κ3) is 6.05. The zero-order valence-corrected chi connectivity index (χ0v) is 10.3. The summed E-state index contributed by atoms with van der Waals surface area (Å²) >= 11 is 0. The van der Waals surface area contributed by atoms with Gasteiger partial charge in [-0.05, 0) is 32.4 Å². The number of nitrogens with two attached hydrogens (primary N) is 1. The van der Waals surface area contributed by atoms with Crippen molar-refractivity contribution in [1.82, 2.24) is 4.90 Å². The van der Waals surface area contributed by atoms with Crippen molar-refractivity contribution in [1.29, 1.82) is 0 Å². The van der Waals surface area contributed by atoms with E-state index in [0.717, 1.165) is 6.42 Å². The molecule has 0 radical (unpaired) electrons. The molecule has 2 nitrogen and oxygen atoms in total. The van der Waals surface area contributed by atoms with Crippen molar-refractivity contribution in [2.75, 3.05) is 20.1 Å². The summed E-state index contributed by atoms with van der Waals surface area (Å²) in [6.45, 7) is 6.26. The minimum Gasteiger partial charge on any atom is -0.323 e. The molecule has 0 aliphatic rings. The molecule has 0 saturated heterocycles. The van der Waals surface area contributed by atoms with Crippen LogP contribution in [0.15, 0.2) is 0 Å². The van der Waals surface area contributed by atoms with Gasteiger partial charge in [-0.15, -0.1) is 0 Å². The first-order valence-corrected chi connectivity index (χ1v) is 5.61. The van der Waals surface area contributed by atoms with Gasteiger partial charge in [0.2, 0.25) is 0 Å². The Bertz CT molecular complexity index is 172. The normalized spacial score (nSPS) is 15.0. The second kappa shape index (κ2) is 6.38. The van der Waals surface area contributed by atoms with Crippen LogP contribution in [-0.4, -0.2) is 37.0 Å². The molecule has 0 aromatic heterocycles. The van der Waals surface area contributed by atoms with E-state index in [2.05, 4.69) is 0 Å². The Hall–Kier alpha value is -0.220. The minimum atomic E-state index is -2.78. The summed E-state index contributed by atoms with van der Waals surface area (Å²) in [5, 5.41) is 0. The molecular weight excluding hydrogens is 198 g/mol. The average molecular weight is 222 g/mol. The van der Waals surface area contributed by atoms with Gasteiger partial charge in [0.25, 0.3) is 5.92 Å². The van der Waals surface area contributed by atoms with Crippen LogP contribution in [0.2, 0.25) is 0 Å². The van der Waals surface area contributed by atoms with E-state index >= 15 is 0 Å². The topological polar surface area (TPSA) is 29.3 Å². The fourth-order valence-corrected chi connectivity index (χ4v) is 1.31. The lowest BCUT2D eigenvalue weighted by molar-refractivity contribution is -0.0509. The molecule has 15 heavy (non-hydrogen) atoms. The number of nitrogens with zero attached hydrogens (tertiary/aromatic N) is 1. The van der Waals surface area contributed by atoms with E-state index in [9.17, 15) is 8.78 Å². The number of hydrogen-bond acceptors (Lipinski definition) is 2. The quantitative estimate of drug-likeness (QED) is 0.716. The standard InChI is InChI=1S/C11H24F2N2/c1-5-15(4)8-11(12,13)10(14)7-6-9(2)3/h9-10H,5-8,14H2,1-4H3. The fraction of sp³-hybridized carbons (Fsp3) is 1.00. The number of hydrogen-bond donors (Lipinski definition) is 1. The maximum Gasteiger partial charge on any atom is 0.275 e. The Morgan fingerprint density at radius 2 is 1.80 bits per heavy atom. The average Bonchev–Trinajstić information content (AvgIpc) is 2.13. The van der Waals surface area contributed by atoms with Gasteiger partial charge in [0.1, 0.15) is 0 Å². The van der Waals surface area contributed by atoms with Crippen molar-refractivity contribution in [3.63, 3.8) is 0 Å². The molecule has 0 aliphatic carbocycles. The van der Waals surface area contributed by atoms with Gasteiger partial charge in [-0.25, -0.2) is 8.78 Å². The van der Waals surface area contributed by atoms with Crippen LogP contribution in [0, 0.1) is 5.92 Å². The predicted molar refractivity (Wildman–Crippen MR) is 60.2 cm³/mol. The molecular formula is C11H24F2N2. The zero-order valence-electron chi connectivity index (χ0n) is 10.3. The summed E-state index contributed by atoms with van der Waals surface area (Å²) in [4.78, 5) is 1.59. The van der Waals surface area contributed by atoms with E-state index in [1.165, 1.54) is 0 Å². The summed E-state index contributed by atoms with van der Waals surface area (Å²) in [5.74, 6) is -2.35. The smallest absolute Gasteiger partial charge is 0.275 e. The number of alkyl halides is 2. The highest BCUT2D eigenvalue weighted by Crippen LogP contribution is 2.22. The van der Waals surface area contributed by atoms with Crippen molar-refractivity contribution < 1.29 is 8.78 Å².